The van der Waals surface area contributed by atoms with Gasteiger partial charge in [-0.05, 0) is 49.6 Å². The molecule has 1 saturated heterocycles. The van der Waals surface area contributed by atoms with Crippen molar-refractivity contribution in [2.75, 3.05) is 13.1 Å². The fourth-order valence-corrected chi connectivity index (χ4v) is 3.66. The Morgan fingerprint density at radius 3 is 2.43 bits per heavy atom. The summed E-state index contributed by atoms with van der Waals surface area (Å²) in [6.45, 7) is 4.94. The van der Waals surface area contributed by atoms with Crippen molar-refractivity contribution in [3.8, 4) is 0 Å². The maximum absolute atomic E-state index is 13.2. The van der Waals surface area contributed by atoms with Crippen LogP contribution in [0.15, 0.2) is 54.6 Å². The first-order valence-electron chi connectivity index (χ1n) is 9.88. The molecule has 2 aromatic carbocycles. The number of rotatable bonds is 5. The monoisotopic (exact) mass is 382 g/mol. The summed E-state index contributed by atoms with van der Waals surface area (Å²) in [6, 6.07) is 15.7. The number of carbonyl (C=O) groups excluding carboxylic acids is 2. The van der Waals surface area contributed by atoms with Crippen LogP contribution in [-0.4, -0.2) is 35.8 Å². The summed E-state index contributed by atoms with van der Waals surface area (Å²) in [5.74, 6) is -0.721. The third kappa shape index (κ3) is 4.77. The van der Waals surface area contributed by atoms with Gasteiger partial charge in [-0.2, -0.15) is 0 Å². The zero-order valence-electron chi connectivity index (χ0n) is 16.4. The summed E-state index contributed by atoms with van der Waals surface area (Å²) >= 11 is 0. The van der Waals surface area contributed by atoms with Gasteiger partial charge in [-0.1, -0.05) is 37.3 Å². The fourth-order valence-electron chi connectivity index (χ4n) is 3.66. The standard InChI is InChI=1S/C23H27FN2O2/c1-3-16(2)25-22(27)20-13-19(17-7-5-4-6-8-17)14-26(15-20)23(28)18-9-11-21(24)12-10-18/h4-12,16,19-20H,3,13-15H2,1-2H3,(H,25,27)/t16-,19+,20+/m0/s1. The smallest absolute Gasteiger partial charge is 0.253 e. The summed E-state index contributed by atoms with van der Waals surface area (Å²) in [6.07, 6.45) is 1.57. The van der Waals surface area contributed by atoms with Crippen molar-refractivity contribution in [1.29, 1.82) is 0 Å². The van der Waals surface area contributed by atoms with Gasteiger partial charge in [0.05, 0.1) is 5.92 Å². The molecule has 0 aliphatic carbocycles. The normalized spacial score (nSPS) is 20.5. The van der Waals surface area contributed by atoms with Crippen LogP contribution in [0.3, 0.4) is 0 Å². The maximum atomic E-state index is 13.2. The van der Waals surface area contributed by atoms with Crippen LogP contribution in [0.2, 0.25) is 0 Å². The summed E-state index contributed by atoms with van der Waals surface area (Å²) in [4.78, 5) is 27.5. The molecule has 0 unspecified atom stereocenters. The lowest BCUT2D eigenvalue weighted by Gasteiger charge is -2.38. The highest BCUT2D eigenvalue weighted by atomic mass is 19.1. The first-order valence-corrected chi connectivity index (χ1v) is 9.88. The quantitative estimate of drug-likeness (QED) is 0.850. The molecule has 4 nitrogen and oxygen atoms in total. The third-order valence-corrected chi connectivity index (χ3v) is 5.47. The molecular weight excluding hydrogens is 355 g/mol. The SMILES string of the molecule is CC[C@H](C)NC(=O)[C@@H]1C[C@@H](c2ccccc2)CN(C(=O)c2ccc(F)cc2)C1. The van der Waals surface area contributed by atoms with Crippen LogP contribution < -0.4 is 5.32 Å². The zero-order valence-corrected chi connectivity index (χ0v) is 16.4. The Balaban J connectivity index is 1.83. The lowest BCUT2D eigenvalue weighted by molar-refractivity contribution is -0.127. The number of piperidine rings is 1. The molecule has 2 amide bonds. The molecule has 1 fully saturated rings. The molecule has 3 atom stereocenters. The van der Waals surface area contributed by atoms with Crippen molar-refractivity contribution in [3.05, 3.63) is 71.5 Å². The molecule has 1 N–H and O–H groups in total. The van der Waals surface area contributed by atoms with E-state index in [1.807, 2.05) is 44.2 Å². The summed E-state index contributed by atoms with van der Waals surface area (Å²) in [7, 11) is 0. The molecule has 28 heavy (non-hydrogen) atoms. The predicted molar refractivity (Wildman–Crippen MR) is 107 cm³/mol. The summed E-state index contributed by atoms with van der Waals surface area (Å²) in [5.41, 5.74) is 1.57. The summed E-state index contributed by atoms with van der Waals surface area (Å²) in [5, 5.41) is 3.05. The van der Waals surface area contributed by atoms with E-state index >= 15 is 0 Å². The van der Waals surface area contributed by atoms with Gasteiger partial charge < -0.3 is 10.2 Å². The van der Waals surface area contributed by atoms with Crippen molar-refractivity contribution in [3.63, 3.8) is 0 Å². The Morgan fingerprint density at radius 2 is 1.79 bits per heavy atom. The van der Waals surface area contributed by atoms with E-state index in [2.05, 4.69) is 5.32 Å². The van der Waals surface area contributed by atoms with Crippen LogP contribution in [0, 0.1) is 11.7 Å². The maximum Gasteiger partial charge on any atom is 0.253 e. The highest BCUT2D eigenvalue weighted by Crippen LogP contribution is 2.31. The molecule has 5 heteroatoms. The van der Waals surface area contributed by atoms with Crippen molar-refractivity contribution in [1.82, 2.24) is 10.2 Å². The number of amides is 2. The van der Waals surface area contributed by atoms with E-state index in [1.165, 1.54) is 24.3 Å². The van der Waals surface area contributed by atoms with Gasteiger partial charge >= 0.3 is 0 Å². The molecule has 0 bridgehead atoms. The molecule has 2 aromatic rings. The Morgan fingerprint density at radius 1 is 1.11 bits per heavy atom. The van der Waals surface area contributed by atoms with Gasteiger partial charge in [0.1, 0.15) is 5.82 Å². The van der Waals surface area contributed by atoms with Gasteiger partial charge in [0.25, 0.3) is 5.91 Å². The van der Waals surface area contributed by atoms with Crippen LogP contribution in [-0.2, 0) is 4.79 Å². The van der Waals surface area contributed by atoms with Gasteiger partial charge in [0.15, 0.2) is 0 Å². The first kappa shape index (κ1) is 20.1. The number of halogens is 1. The largest absolute Gasteiger partial charge is 0.353 e. The highest BCUT2D eigenvalue weighted by Gasteiger charge is 2.35. The van der Waals surface area contributed by atoms with Crippen molar-refractivity contribution in [2.45, 2.75) is 38.6 Å². The molecule has 0 radical (unpaired) electrons. The number of nitrogens with one attached hydrogen (secondary N) is 1. The van der Waals surface area contributed by atoms with Gasteiger partial charge in [-0.3, -0.25) is 9.59 Å². The van der Waals surface area contributed by atoms with E-state index < -0.39 is 0 Å². The van der Waals surface area contributed by atoms with Crippen LogP contribution in [0.4, 0.5) is 4.39 Å². The number of carbonyl (C=O) groups is 2. The Hall–Kier alpha value is -2.69. The molecule has 0 aromatic heterocycles. The van der Waals surface area contributed by atoms with E-state index in [-0.39, 0.29) is 35.5 Å². The number of benzene rings is 2. The van der Waals surface area contributed by atoms with Crippen molar-refractivity contribution >= 4 is 11.8 Å². The molecular formula is C23H27FN2O2. The molecule has 148 valence electrons. The van der Waals surface area contributed by atoms with Crippen LogP contribution in [0.5, 0.6) is 0 Å². The van der Waals surface area contributed by atoms with Crippen LogP contribution in [0.1, 0.15) is 48.5 Å². The minimum atomic E-state index is -0.372. The average molecular weight is 382 g/mol. The molecule has 0 saturated carbocycles. The van der Waals surface area contributed by atoms with Crippen molar-refractivity contribution < 1.29 is 14.0 Å². The number of nitrogens with zero attached hydrogens (tertiary/aromatic N) is 1. The lowest BCUT2D eigenvalue weighted by atomic mass is 9.83. The zero-order chi connectivity index (χ0) is 20.1. The minimum absolute atomic E-state index is 0.00751. The van der Waals surface area contributed by atoms with Gasteiger partial charge in [0, 0.05) is 30.6 Å². The van der Waals surface area contributed by atoms with Gasteiger partial charge in [-0.15, -0.1) is 0 Å². The Labute approximate surface area is 165 Å². The van der Waals surface area contributed by atoms with Crippen LogP contribution >= 0.6 is 0 Å². The number of hydrogen-bond acceptors (Lipinski definition) is 2. The van der Waals surface area contributed by atoms with E-state index in [0.717, 1.165) is 12.0 Å². The Bertz CT molecular complexity index is 807. The molecule has 3 rings (SSSR count). The second-order valence-electron chi connectivity index (χ2n) is 7.58. The minimum Gasteiger partial charge on any atom is -0.353 e. The second kappa shape index (κ2) is 9.00. The molecule has 0 spiro atoms. The molecule has 1 aliphatic heterocycles. The first-order chi connectivity index (χ1) is 13.5. The number of likely N-dealkylation sites (tertiary alicyclic amines) is 1. The average Bonchev–Trinajstić information content (AvgIpc) is 2.74. The van der Waals surface area contributed by atoms with Crippen molar-refractivity contribution in [2.24, 2.45) is 5.92 Å². The van der Waals surface area contributed by atoms with E-state index in [4.69, 9.17) is 0 Å². The van der Waals surface area contributed by atoms with E-state index in [1.54, 1.807) is 4.90 Å². The Kier molecular flexibility index (Phi) is 6.45. The number of hydrogen-bond donors (Lipinski definition) is 1. The van der Waals surface area contributed by atoms with Gasteiger partial charge in [0.2, 0.25) is 5.91 Å². The van der Waals surface area contributed by atoms with Gasteiger partial charge in [-0.25, -0.2) is 4.39 Å². The van der Waals surface area contributed by atoms with E-state index in [0.29, 0.717) is 25.1 Å². The lowest BCUT2D eigenvalue weighted by Crippen LogP contribution is -2.49. The fraction of sp³-hybridized carbons (Fsp3) is 0.391. The van der Waals surface area contributed by atoms with E-state index in [9.17, 15) is 14.0 Å². The second-order valence-corrected chi connectivity index (χ2v) is 7.58. The third-order valence-electron chi connectivity index (χ3n) is 5.47. The molecule has 1 aliphatic rings. The highest BCUT2D eigenvalue weighted by molar-refractivity contribution is 5.94. The summed E-state index contributed by atoms with van der Waals surface area (Å²) < 4.78 is 13.2. The topological polar surface area (TPSA) is 49.4 Å². The van der Waals surface area contributed by atoms with Crippen LogP contribution in [0.25, 0.3) is 0 Å². The predicted octanol–water partition coefficient (Wildman–Crippen LogP) is 3.99. The molecule has 1 heterocycles.